The molecule has 1 aliphatic heterocycles. The van der Waals surface area contributed by atoms with Crippen molar-refractivity contribution in [1.29, 1.82) is 0 Å². The van der Waals surface area contributed by atoms with E-state index in [4.69, 9.17) is 4.74 Å². The molecule has 24 heavy (non-hydrogen) atoms. The summed E-state index contributed by atoms with van der Waals surface area (Å²) in [5.74, 6) is -0.948. The molecule has 0 aromatic carbocycles. The smallest absolute Gasteiger partial charge is 0.336 e. The number of rotatable bonds is 3. The van der Waals surface area contributed by atoms with E-state index in [1.807, 2.05) is 31.4 Å². The van der Waals surface area contributed by atoms with Gasteiger partial charge in [-0.1, -0.05) is 6.07 Å². The van der Waals surface area contributed by atoms with Gasteiger partial charge < -0.3 is 10.1 Å². The highest BCUT2D eigenvalue weighted by molar-refractivity contribution is 7.16. The molecule has 2 aromatic rings. The Morgan fingerprint density at radius 2 is 1.96 bits per heavy atom. The summed E-state index contributed by atoms with van der Waals surface area (Å²) in [6.07, 6.45) is 1.74. The molecule has 5 nitrogen and oxygen atoms in total. The number of hydrogen-bond donors (Lipinski definition) is 1. The number of esters is 1. The maximum Gasteiger partial charge on any atom is 0.336 e. The fourth-order valence-corrected chi connectivity index (χ4v) is 4.20. The van der Waals surface area contributed by atoms with Crippen LogP contribution in [-0.4, -0.2) is 23.8 Å². The van der Waals surface area contributed by atoms with Gasteiger partial charge in [0.1, 0.15) is 4.83 Å². The maximum atomic E-state index is 12.4. The number of pyridine rings is 1. The zero-order valence-electron chi connectivity index (χ0n) is 14.0. The monoisotopic (exact) mass is 342 g/mol. The Hall–Kier alpha value is -2.47. The Balaban J connectivity index is 2.30. The number of nitrogens with one attached hydrogen (secondary N) is 1. The molecule has 0 spiro atoms. The lowest BCUT2D eigenvalue weighted by Gasteiger charge is -2.29. The first-order valence-electron chi connectivity index (χ1n) is 7.55. The number of hydrogen-bond acceptors (Lipinski definition) is 6. The number of fused-ring (bicyclic) bond motifs is 1. The fraction of sp³-hybridized carbons (Fsp3) is 0.278. The molecular formula is C18H18N2O3S. The third-order valence-electron chi connectivity index (χ3n) is 4.24. The number of aromatic nitrogens is 1. The fourth-order valence-electron chi connectivity index (χ4n) is 3.26. The van der Waals surface area contributed by atoms with Gasteiger partial charge in [0.05, 0.1) is 12.7 Å². The summed E-state index contributed by atoms with van der Waals surface area (Å²) < 4.78 is 4.98. The van der Waals surface area contributed by atoms with Crippen molar-refractivity contribution in [2.45, 2.75) is 26.7 Å². The molecule has 3 rings (SSSR count). The number of carbonyl (C=O) groups is 2. The van der Waals surface area contributed by atoms with Crippen LogP contribution in [0.3, 0.4) is 0 Å². The molecule has 0 aliphatic carbocycles. The van der Waals surface area contributed by atoms with Gasteiger partial charge in [0.2, 0.25) is 0 Å². The minimum Gasteiger partial charge on any atom is -0.466 e. The molecule has 1 unspecified atom stereocenters. The minimum absolute atomic E-state index is 0.0675. The van der Waals surface area contributed by atoms with Crippen LogP contribution >= 0.6 is 11.3 Å². The molecule has 0 bridgehead atoms. The summed E-state index contributed by atoms with van der Waals surface area (Å²) in [6.45, 7) is 5.20. The molecule has 2 aromatic heterocycles. The highest BCUT2D eigenvalue weighted by atomic mass is 32.1. The van der Waals surface area contributed by atoms with Crippen molar-refractivity contribution in [3.05, 3.63) is 51.8 Å². The van der Waals surface area contributed by atoms with E-state index in [9.17, 15) is 9.59 Å². The maximum absolute atomic E-state index is 12.4. The average Bonchev–Trinajstić information content (AvgIpc) is 2.96. The predicted octanol–water partition coefficient (Wildman–Crippen LogP) is 3.29. The predicted molar refractivity (Wildman–Crippen MR) is 93.6 cm³/mol. The minimum atomic E-state index is -0.450. The van der Waals surface area contributed by atoms with Gasteiger partial charge in [0.15, 0.2) is 5.78 Å². The van der Waals surface area contributed by atoms with Crippen LogP contribution in [0.15, 0.2) is 46.2 Å². The standard InChI is InChI=1S/C18H18N2O3S/c1-9-14(11(3)21)16(15(10(2)20-9)18(22)23-4)13-8-24-17-12(13)6-5-7-19-17/h5-8,16,20H,1-4H3. The van der Waals surface area contributed by atoms with Crippen LogP contribution in [0.1, 0.15) is 32.3 Å². The molecule has 0 amide bonds. The second kappa shape index (κ2) is 6.20. The van der Waals surface area contributed by atoms with Crippen molar-refractivity contribution in [1.82, 2.24) is 10.3 Å². The first-order valence-corrected chi connectivity index (χ1v) is 8.43. The van der Waals surface area contributed by atoms with Gasteiger partial charge in [0, 0.05) is 34.5 Å². The molecule has 1 N–H and O–H groups in total. The van der Waals surface area contributed by atoms with Gasteiger partial charge in [-0.25, -0.2) is 9.78 Å². The largest absolute Gasteiger partial charge is 0.466 e. The van der Waals surface area contributed by atoms with Crippen molar-refractivity contribution in [2.24, 2.45) is 0 Å². The third-order valence-corrected chi connectivity index (χ3v) is 5.16. The molecule has 6 heteroatoms. The summed E-state index contributed by atoms with van der Waals surface area (Å²) in [7, 11) is 1.35. The number of ether oxygens (including phenoxy) is 1. The zero-order valence-corrected chi connectivity index (χ0v) is 14.8. The van der Waals surface area contributed by atoms with Gasteiger partial charge in [-0.3, -0.25) is 4.79 Å². The third kappa shape index (κ3) is 2.53. The van der Waals surface area contributed by atoms with Crippen molar-refractivity contribution in [3.8, 4) is 0 Å². The summed E-state index contributed by atoms with van der Waals surface area (Å²) in [6, 6.07) is 3.82. The summed E-state index contributed by atoms with van der Waals surface area (Å²) in [5, 5.41) is 6.07. The van der Waals surface area contributed by atoms with E-state index in [0.29, 0.717) is 16.8 Å². The van der Waals surface area contributed by atoms with Crippen LogP contribution in [0.4, 0.5) is 0 Å². The summed E-state index contributed by atoms with van der Waals surface area (Å²) in [4.78, 5) is 30.0. The van der Waals surface area contributed by atoms with Crippen LogP contribution in [-0.2, 0) is 14.3 Å². The molecule has 124 valence electrons. The van der Waals surface area contributed by atoms with Gasteiger partial charge in [0.25, 0.3) is 0 Å². The van der Waals surface area contributed by atoms with Gasteiger partial charge in [-0.2, -0.15) is 0 Å². The Kier molecular flexibility index (Phi) is 4.24. The summed E-state index contributed by atoms with van der Waals surface area (Å²) in [5.41, 5.74) is 3.44. The highest BCUT2D eigenvalue weighted by Crippen LogP contribution is 2.43. The van der Waals surface area contributed by atoms with Crippen molar-refractivity contribution in [2.75, 3.05) is 7.11 Å². The number of ketones is 1. The van der Waals surface area contributed by atoms with Crippen LogP contribution < -0.4 is 5.32 Å². The van der Waals surface area contributed by atoms with E-state index in [1.165, 1.54) is 25.4 Å². The Morgan fingerprint density at radius 1 is 1.25 bits per heavy atom. The first kappa shape index (κ1) is 16.4. The second-order valence-corrected chi connectivity index (χ2v) is 6.59. The van der Waals surface area contributed by atoms with Crippen molar-refractivity contribution in [3.63, 3.8) is 0 Å². The molecule has 0 saturated carbocycles. The second-order valence-electron chi connectivity index (χ2n) is 5.73. The SMILES string of the molecule is COC(=O)C1=C(C)NC(C)=C(C(C)=O)C1c1csc2ncccc12. The highest BCUT2D eigenvalue weighted by Gasteiger charge is 2.36. The number of allylic oxidation sites excluding steroid dienone is 3. The van der Waals surface area contributed by atoms with Crippen LogP contribution in [0, 0.1) is 0 Å². The number of methoxy groups -OCH3 is 1. The number of dihydropyridines is 1. The van der Waals surface area contributed by atoms with E-state index in [0.717, 1.165) is 21.5 Å². The lowest BCUT2D eigenvalue weighted by Crippen LogP contribution is -2.30. The Bertz CT molecular complexity index is 908. The number of thiophene rings is 1. The van der Waals surface area contributed by atoms with Crippen molar-refractivity contribution >= 4 is 33.3 Å². The van der Waals surface area contributed by atoms with E-state index in [1.54, 1.807) is 6.20 Å². The Morgan fingerprint density at radius 3 is 2.62 bits per heavy atom. The number of carbonyl (C=O) groups excluding carboxylic acids is 2. The average molecular weight is 342 g/mol. The number of Topliss-reactive ketones (excluding diaryl/α,β-unsaturated/α-hetero) is 1. The molecule has 0 saturated heterocycles. The summed E-state index contributed by atoms with van der Waals surface area (Å²) >= 11 is 1.51. The molecule has 1 aliphatic rings. The van der Waals surface area contributed by atoms with Crippen LogP contribution in [0.2, 0.25) is 0 Å². The molecule has 0 radical (unpaired) electrons. The Labute approximate surface area is 144 Å². The molecule has 1 atom stereocenters. The topological polar surface area (TPSA) is 68.3 Å². The molecule has 3 heterocycles. The van der Waals surface area contributed by atoms with Crippen LogP contribution in [0.5, 0.6) is 0 Å². The molecular weight excluding hydrogens is 324 g/mol. The lowest BCUT2D eigenvalue weighted by atomic mass is 9.79. The van der Waals surface area contributed by atoms with Crippen LogP contribution in [0.25, 0.3) is 10.2 Å². The van der Waals surface area contributed by atoms with Gasteiger partial charge in [-0.15, -0.1) is 11.3 Å². The van der Waals surface area contributed by atoms with Gasteiger partial charge in [-0.05, 0) is 37.8 Å². The molecule has 0 fully saturated rings. The first-order chi connectivity index (χ1) is 11.5. The number of nitrogens with zero attached hydrogens (tertiary/aromatic N) is 1. The zero-order chi connectivity index (χ0) is 17.4. The van der Waals surface area contributed by atoms with E-state index in [2.05, 4.69) is 10.3 Å². The normalized spacial score (nSPS) is 17.9. The van der Waals surface area contributed by atoms with Crippen molar-refractivity contribution < 1.29 is 14.3 Å². The van der Waals surface area contributed by atoms with E-state index < -0.39 is 11.9 Å². The van der Waals surface area contributed by atoms with Gasteiger partial charge >= 0.3 is 5.97 Å². The quantitative estimate of drug-likeness (QED) is 0.867. The lowest BCUT2D eigenvalue weighted by molar-refractivity contribution is -0.136. The van der Waals surface area contributed by atoms with E-state index in [-0.39, 0.29) is 5.78 Å². The van der Waals surface area contributed by atoms with E-state index >= 15 is 0 Å².